The molecule has 5 heteroatoms. The first-order valence-corrected chi connectivity index (χ1v) is 6.87. The van der Waals surface area contributed by atoms with Crippen molar-refractivity contribution in [3.63, 3.8) is 0 Å². The molecule has 0 aliphatic rings. The van der Waals surface area contributed by atoms with Crippen LogP contribution >= 0.6 is 0 Å². The van der Waals surface area contributed by atoms with Crippen LogP contribution in [0.2, 0.25) is 0 Å². The number of carbonyl (C=O) groups excluding carboxylic acids is 1. The van der Waals surface area contributed by atoms with E-state index in [-0.39, 0.29) is 12.1 Å². The Morgan fingerprint density at radius 3 is 2.62 bits per heavy atom. The SMILES string of the molecule is COC(=O)c1ccc(-c2ccc(C[NH2+]C[C@H](C)O)o2)cc1. The first-order chi connectivity index (χ1) is 10.1. The van der Waals surface area contributed by atoms with Gasteiger partial charge in [-0.3, -0.25) is 0 Å². The van der Waals surface area contributed by atoms with Crippen molar-refractivity contribution in [2.75, 3.05) is 13.7 Å². The lowest BCUT2D eigenvalue weighted by Crippen LogP contribution is -2.84. The van der Waals surface area contributed by atoms with Gasteiger partial charge in [0.25, 0.3) is 0 Å². The minimum atomic E-state index is -0.352. The van der Waals surface area contributed by atoms with E-state index in [0.29, 0.717) is 18.7 Å². The number of benzene rings is 1. The maximum Gasteiger partial charge on any atom is 0.337 e. The van der Waals surface area contributed by atoms with Crippen LogP contribution in [0.25, 0.3) is 11.3 Å². The van der Waals surface area contributed by atoms with Gasteiger partial charge in [0.05, 0.1) is 18.8 Å². The molecule has 0 saturated carbocycles. The average Bonchev–Trinajstić information content (AvgIpc) is 2.95. The molecule has 0 aliphatic heterocycles. The highest BCUT2D eigenvalue weighted by atomic mass is 16.5. The Morgan fingerprint density at radius 1 is 1.29 bits per heavy atom. The Bertz CT molecular complexity index is 587. The normalized spacial score (nSPS) is 12.1. The predicted octanol–water partition coefficient (Wildman–Crippen LogP) is 1.18. The van der Waals surface area contributed by atoms with E-state index in [1.807, 2.05) is 29.6 Å². The van der Waals surface area contributed by atoms with Crippen molar-refractivity contribution in [1.82, 2.24) is 0 Å². The third-order valence-corrected chi connectivity index (χ3v) is 3.11. The summed E-state index contributed by atoms with van der Waals surface area (Å²) in [5, 5.41) is 11.2. The monoisotopic (exact) mass is 290 g/mol. The van der Waals surface area contributed by atoms with Crippen LogP contribution in [0.4, 0.5) is 0 Å². The quantitative estimate of drug-likeness (QED) is 0.783. The van der Waals surface area contributed by atoms with Crippen molar-refractivity contribution in [3.05, 3.63) is 47.7 Å². The van der Waals surface area contributed by atoms with Gasteiger partial charge in [0.15, 0.2) is 5.76 Å². The Morgan fingerprint density at radius 2 is 2.00 bits per heavy atom. The molecule has 0 aliphatic carbocycles. The number of aliphatic hydroxyl groups excluding tert-OH is 1. The number of esters is 1. The van der Waals surface area contributed by atoms with Gasteiger partial charge < -0.3 is 19.6 Å². The lowest BCUT2D eigenvalue weighted by molar-refractivity contribution is -0.677. The van der Waals surface area contributed by atoms with Crippen LogP contribution in [-0.4, -0.2) is 30.8 Å². The Balaban J connectivity index is 2.02. The molecule has 1 heterocycles. The lowest BCUT2D eigenvalue weighted by Gasteiger charge is -2.02. The van der Waals surface area contributed by atoms with E-state index < -0.39 is 0 Å². The maximum absolute atomic E-state index is 11.4. The van der Waals surface area contributed by atoms with E-state index in [4.69, 9.17) is 4.42 Å². The molecular formula is C16H20NO4+. The molecule has 2 aromatic rings. The number of methoxy groups -OCH3 is 1. The molecule has 1 aromatic carbocycles. The fraction of sp³-hybridized carbons (Fsp3) is 0.312. The van der Waals surface area contributed by atoms with Crippen LogP contribution in [0.1, 0.15) is 23.0 Å². The number of carbonyl (C=O) groups is 1. The van der Waals surface area contributed by atoms with Crippen molar-refractivity contribution >= 4 is 5.97 Å². The first kappa shape index (κ1) is 15.3. The molecule has 0 spiro atoms. The largest absolute Gasteiger partial charge is 0.465 e. The molecule has 2 rings (SSSR count). The zero-order valence-corrected chi connectivity index (χ0v) is 12.2. The van der Waals surface area contributed by atoms with Gasteiger partial charge in [0.1, 0.15) is 18.8 Å². The zero-order chi connectivity index (χ0) is 15.2. The lowest BCUT2D eigenvalue weighted by atomic mass is 10.1. The molecule has 5 nitrogen and oxygen atoms in total. The fourth-order valence-corrected chi connectivity index (χ4v) is 2.00. The van der Waals surface area contributed by atoms with Gasteiger partial charge in [-0.15, -0.1) is 0 Å². The Labute approximate surface area is 123 Å². The molecule has 0 radical (unpaired) electrons. The van der Waals surface area contributed by atoms with Crippen LogP contribution in [0.3, 0.4) is 0 Å². The van der Waals surface area contributed by atoms with Crippen molar-refractivity contribution in [2.24, 2.45) is 0 Å². The third kappa shape index (κ3) is 4.18. The van der Waals surface area contributed by atoms with Crippen molar-refractivity contribution < 1.29 is 24.4 Å². The van der Waals surface area contributed by atoms with Crippen molar-refractivity contribution in [1.29, 1.82) is 0 Å². The van der Waals surface area contributed by atoms with Gasteiger partial charge in [0, 0.05) is 5.56 Å². The average molecular weight is 290 g/mol. The highest BCUT2D eigenvalue weighted by molar-refractivity contribution is 5.89. The molecule has 0 fully saturated rings. The second-order valence-corrected chi connectivity index (χ2v) is 4.91. The zero-order valence-electron chi connectivity index (χ0n) is 12.2. The molecular weight excluding hydrogens is 270 g/mol. The van der Waals surface area contributed by atoms with E-state index in [1.165, 1.54) is 7.11 Å². The molecule has 1 atom stereocenters. The van der Waals surface area contributed by atoms with Gasteiger partial charge in [-0.2, -0.15) is 0 Å². The number of hydrogen-bond donors (Lipinski definition) is 2. The Hall–Kier alpha value is -2.11. The van der Waals surface area contributed by atoms with E-state index in [0.717, 1.165) is 17.1 Å². The van der Waals surface area contributed by atoms with Crippen molar-refractivity contribution in [2.45, 2.75) is 19.6 Å². The number of aliphatic hydroxyl groups is 1. The van der Waals surface area contributed by atoms with Gasteiger partial charge >= 0.3 is 5.97 Å². The summed E-state index contributed by atoms with van der Waals surface area (Å²) in [6, 6.07) is 10.9. The van der Waals surface area contributed by atoms with Gasteiger partial charge in [0.2, 0.25) is 0 Å². The predicted molar refractivity (Wildman–Crippen MR) is 77.7 cm³/mol. The van der Waals surface area contributed by atoms with Gasteiger partial charge in [-0.1, -0.05) is 12.1 Å². The van der Waals surface area contributed by atoms with Crippen molar-refractivity contribution in [3.8, 4) is 11.3 Å². The highest BCUT2D eigenvalue weighted by Gasteiger charge is 2.09. The second kappa shape index (κ2) is 7.06. The highest BCUT2D eigenvalue weighted by Crippen LogP contribution is 2.22. The topological polar surface area (TPSA) is 76.3 Å². The second-order valence-electron chi connectivity index (χ2n) is 4.91. The summed E-state index contributed by atoms with van der Waals surface area (Å²) in [6.45, 7) is 3.09. The smallest absolute Gasteiger partial charge is 0.337 e. The standard InChI is InChI=1S/C16H19NO4/c1-11(18)9-17-10-14-7-8-15(21-14)12-3-5-13(6-4-12)16(19)20-2/h3-8,11,17-18H,9-10H2,1-2H3/p+1/t11-/m0/s1. The minimum absolute atomic E-state index is 0.328. The van der Waals surface area contributed by atoms with Crippen LogP contribution in [-0.2, 0) is 11.3 Å². The minimum Gasteiger partial charge on any atom is -0.465 e. The summed E-state index contributed by atoms with van der Waals surface area (Å²) in [7, 11) is 1.36. The van der Waals surface area contributed by atoms with E-state index >= 15 is 0 Å². The molecule has 112 valence electrons. The first-order valence-electron chi connectivity index (χ1n) is 6.87. The summed E-state index contributed by atoms with van der Waals surface area (Å²) < 4.78 is 10.4. The number of quaternary nitrogens is 1. The number of ether oxygens (including phenoxy) is 1. The molecule has 1 aromatic heterocycles. The van der Waals surface area contributed by atoms with Crippen LogP contribution in [0, 0.1) is 0 Å². The molecule has 21 heavy (non-hydrogen) atoms. The van der Waals surface area contributed by atoms with Crippen LogP contribution in [0.15, 0.2) is 40.8 Å². The van der Waals surface area contributed by atoms with Crippen LogP contribution in [0.5, 0.6) is 0 Å². The number of rotatable bonds is 6. The van der Waals surface area contributed by atoms with E-state index in [2.05, 4.69) is 4.74 Å². The van der Waals surface area contributed by atoms with E-state index in [9.17, 15) is 9.90 Å². The maximum atomic E-state index is 11.4. The number of furan rings is 1. The summed E-state index contributed by atoms with van der Waals surface area (Å²) >= 11 is 0. The molecule has 0 amide bonds. The van der Waals surface area contributed by atoms with Gasteiger partial charge in [-0.25, -0.2) is 4.79 Å². The summed E-state index contributed by atoms with van der Waals surface area (Å²) in [5.74, 6) is 1.25. The molecule has 3 N–H and O–H groups in total. The third-order valence-electron chi connectivity index (χ3n) is 3.11. The van der Waals surface area contributed by atoms with E-state index in [1.54, 1.807) is 19.1 Å². The molecule has 0 bridgehead atoms. The summed E-state index contributed by atoms with van der Waals surface area (Å²) in [4.78, 5) is 11.4. The van der Waals surface area contributed by atoms with Gasteiger partial charge in [-0.05, 0) is 31.2 Å². The number of hydrogen-bond acceptors (Lipinski definition) is 4. The molecule has 0 saturated heterocycles. The van der Waals surface area contributed by atoms with Crippen LogP contribution < -0.4 is 5.32 Å². The number of nitrogens with two attached hydrogens (primary N) is 1. The Kier molecular flexibility index (Phi) is 5.14. The summed E-state index contributed by atoms with van der Waals surface area (Å²) in [6.07, 6.45) is -0.328. The summed E-state index contributed by atoms with van der Waals surface area (Å²) in [5.41, 5.74) is 1.42. The molecule has 0 unspecified atom stereocenters. The fourth-order valence-electron chi connectivity index (χ4n) is 2.00.